The molecule has 0 aliphatic heterocycles. The number of aliphatic hydroxyl groups excluding tert-OH is 1. The second kappa shape index (κ2) is 38.0. The van der Waals surface area contributed by atoms with Crippen molar-refractivity contribution in [2.24, 2.45) is 0 Å². The maximum atomic E-state index is 9.69. The van der Waals surface area contributed by atoms with E-state index in [0.717, 1.165) is 0 Å². The Kier molecular flexibility index (Phi) is 85.5. The average molecular weight is 430 g/mol. The van der Waals surface area contributed by atoms with Crippen LogP contribution in [0.4, 0.5) is 0 Å². The van der Waals surface area contributed by atoms with Crippen molar-refractivity contribution in [3.63, 3.8) is 0 Å². The molecule has 0 fully saturated rings. The normalized spacial score (nSPS) is 9.27. The zero-order valence-corrected chi connectivity index (χ0v) is 17.3. The van der Waals surface area contributed by atoms with E-state index >= 15 is 0 Å². The molecule has 0 aromatic carbocycles. The smallest absolute Gasteiger partial charge is 0.870 e. The monoisotopic (exact) mass is 430 g/mol. The van der Waals surface area contributed by atoms with Crippen molar-refractivity contribution in [2.75, 3.05) is 0 Å². The molecule has 0 spiro atoms. The summed E-state index contributed by atoms with van der Waals surface area (Å²) in [6.07, 6.45) is 0.250. The minimum atomic E-state index is -4.67. The van der Waals surface area contributed by atoms with Crippen molar-refractivity contribution in [1.29, 1.82) is 0 Å². The van der Waals surface area contributed by atoms with Crippen molar-refractivity contribution < 1.29 is 66.3 Å². The molecule has 0 aliphatic rings. The van der Waals surface area contributed by atoms with Crippen LogP contribution in [-0.2, 0) is 33.6 Å². The van der Waals surface area contributed by atoms with Crippen molar-refractivity contribution in [3.8, 4) is 0 Å². The summed E-state index contributed by atoms with van der Waals surface area (Å²) >= 11 is 0.0312. The first-order valence-corrected chi connectivity index (χ1v) is 9.23. The fourth-order valence-corrected chi connectivity index (χ4v) is 0. The van der Waals surface area contributed by atoms with Crippen LogP contribution in [0.1, 0.15) is 13.8 Å². The first-order valence-electron chi connectivity index (χ1n) is 3.52. The summed E-state index contributed by atoms with van der Waals surface area (Å²) in [7, 11) is -4.67. The fourth-order valence-electron chi connectivity index (χ4n) is 0. The van der Waals surface area contributed by atoms with E-state index in [2.05, 4.69) is 4.33 Å². The third kappa shape index (κ3) is 492. The zero-order chi connectivity index (χ0) is 17.1. The maximum Gasteiger partial charge on any atom is 2.00 e. The maximum absolute atomic E-state index is 9.69. The number of hydrogen-bond donors (Lipinski definition) is 5. The summed E-state index contributed by atoms with van der Waals surface area (Å²) < 4.78 is 49.1. The summed E-state index contributed by atoms with van der Waals surface area (Å²) in [4.78, 5) is 24.5. The summed E-state index contributed by atoms with van der Waals surface area (Å²) in [5.74, 6) is 0. The molecule has 1 unspecified atom stereocenters. The molecule has 0 aromatic heterocycles. The van der Waals surface area contributed by atoms with Crippen molar-refractivity contribution in [1.82, 2.24) is 0 Å². The Morgan fingerprint density at radius 1 is 1.09 bits per heavy atom. The third-order valence-electron chi connectivity index (χ3n) is 0.116. The van der Waals surface area contributed by atoms with Crippen LogP contribution in [0.25, 0.3) is 0 Å². The Balaban J connectivity index is -0.0000000189. The van der Waals surface area contributed by atoms with E-state index in [1.807, 2.05) is 13.8 Å². The van der Waals surface area contributed by atoms with Gasteiger partial charge in [-0.05, 0) is 0 Å². The van der Waals surface area contributed by atoms with Gasteiger partial charge in [0.05, 0.1) is 0 Å². The quantitative estimate of drug-likeness (QED) is 0.0928. The molecule has 0 amide bonds. The fraction of sp³-hybridized carbons (Fsp3) is 0.500. The van der Waals surface area contributed by atoms with Crippen molar-refractivity contribution >= 4 is 98.6 Å². The van der Waals surface area contributed by atoms with Crippen LogP contribution in [0.15, 0.2) is 0 Å². The van der Waals surface area contributed by atoms with Gasteiger partial charge >= 0.3 is 110 Å². The molecule has 8 N–H and O–H groups in total. The van der Waals surface area contributed by atoms with E-state index in [9.17, 15) is 4.21 Å². The second-order valence-corrected chi connectivity index (χ2v) is 6.91. The zero-order valence-electron chi connectivity index (χ0n) is 11.3. The average Bonchev–Trinajstić information content (AvgIpc) is 2.19. The molecular formula is C4H14Ca2O14S2. The standard InChI is InChI=1S/C2H6.CHO2.CO2.2Ca.2H2O4S.2H2O/c1-2;2*2-1-3;;;1-5(2,3)4;1-4-5(2)3;;/h1-2H3;(H,2,3);;;;(H2,1,2,3,4);1H,(H,2,3);2*1H2/q;-1;;;+2;;;;/p-1. The van der Waals surface area contributed by atoms with Crippen LogP contribution < -0.4 is 0 Å². The number of hydrogen-bond acceptors (Lipinski definition) is 9. The van der Waals surface area contributed by atoms with E-state index in [0.29, 0.717) is 6.47 Å². The topological polar surface area (TPSA) is 274 Å². The molecule has 0 aromatic rings. The Hall–Kier alpha value is 1.19. The summed E-state index contributed by atoms with van der Waals surface area (Å²) in [5, 5.41) is 14.2. The van der Waals surface area contributed by atoms with Gasteiger partial charge in [-0.25, -0.2) is 0 Å². The molecule has 0 saturated heterocycles. The van der Waals surface area contributed by atoms with Crippen LogP contribution in [0.5, 0.6) is 0 Å². The van der Waals surface area contributed by atoms with E-state index in [1.54, 1.807) is 0 Å². The van der Waals surface area contributed by atoms with Crippen LogP contribution in [-0.4, -0.2) is 131 Å². The van der Waals surface area contributed by atoms with Gasteiger partial charge in [0, 0.05) is 0 Å². The van der Waals surface area contributed by atoms with Crippen LogP contribution in [0, 0.1) is 0 Å². The largest absolute Gasteiger partial charge is 2.00 e. The van der Waals surface area contributed by atoms with Gasteiger partial charge in [0.1, 0.15) is 0 Å². The molecule has 22 heavy (non-hydrogen) atoms. The SMILES string of the molecule is CC.O.O=C=O.O=S(=O)(O)O.O=[C-]O.O=[S](O)(=[Ca])OO.[Ca+2].[OH-]. The molecule has 14 nitrogen and oxygen atoms in total. The molecule has 0 rings (SSSR count). The van der Waals surface area contributed by atoms with Crippen LogP contribution in [0.2, 0.25) is 0 Å². The van der Waals surface area contributed by atoms with E-state index in [4.69, 9.17) is 46.8 Å². The van der Waals surface area contributed by atoms with E-state index in [1.165, 1.54) is 0 Å². The summed E-state index contributed by atoms with van der Waals surface area (Å²) in [6.45, 7) is 4.50. The Bertz CT molecular complexity index is 387. The number of rotatable bonds is 1. The Morgan fingerprint density at radius 2 is 1.14 bits per heavy atom. The van der Waals surface area contributed by atoms with Gasteiger partial charge in [-0.15, -0.1) is 0 Å². The molecule has 18 heteroatoms. The van der Waals surface area contributed by atoms with Gasteiger partial charge < -0.3 is 20.9 Å². The van der Waals surface area contributed by atoms with Gasteiger partial charge in [-0.1, -0.05) is 20.3 Å². The van der Waals surface area contributed by atoms with E-state index in [-0.39, 0.29) is 88.2 Å². The first-order chi connectivity index (χ1) is 8.39. The Morgan fingerprint density at radius 3 is 1.14 bits per heavy atom. The third-order valence-corrected chi connectivity index (χ3v) is 0.843. The van der Waals surface area contributed by atoms with Crippen molar-refractivity contribution in [2.45, 2.75) is 13.8 Å². The van der Waals surface area contributed by atoms with E-state index < -0.39 is 14.9 Å². The molecule has 1 atom stereocenters. The molecule has 0 aliphatic carbocycles. The number of carbonyl (C=O) groups excluding carboxylic acids is 2. The molecule has 0 saturated carbocycles. The molecule has 0 bridgehead atoms. The van der Waals surface area contributed by atoms with Crippen LogP contribution in [0.3, 0.4) is 0 Å². The predicted molar refractivity (Wildman–Crippen MR) is 70.4 cm³/mol. The van der Waals surface area contributed by atoms with Gasteiger partial charge in [-0.2, -0.15) is 18.0 Å². The van der Waals surface area contributed by atoms with Crippen molar-refractivity contribution in [3.05, 3.63) is 0 Å². The summed E-state index contributed by atoms with van der Waals surface area (Å²) in [6, 6.07) is 0. The Labute approximate surface area is 176 Å². The minimum Gasteiger partial charge on any atom is -0.870 e. The van der Waals surface area contributed by atoms with Gasteiger partial charge in [-0.3, -0.25) is 9.11 Å². The first kappa shape index (κ1) is 49.5. The predicted octanol–water partition coefficient (Wildman–Crippen LogP) is -2.75. The summed E-state index contributed by atoms with van der Waals surface area (Å²) in [5.41, 5.74) is 0. The molecule has 0 heterocycles. The molecule has 0 radical (unpaired) electrons. The van der Waals surface area contributed by atoms with Gasteiger partial charge in [0.2, 0.25) is 0 Å². The molecular weight excluding hydrogens is 416 g/mol. The molecule has 130 valence electrons. The van der Waals surface area contributed by atoms with Crippen LogP contribution >= 0.6 is 0 Å². The second-order valence-electron chi connectivity index (χ2n) is 1.28. The van der Waals surface area contributed by atoms with Gasteiger partial charge in [0.15, 0.2) is 0 Å². The van der Waals surface area contributed by atoms with Gasteiger partial charge in [0.25, 0.3) is 0 Å². The minimum absolute atomic E-state index is 0.